The molecule has 0 aliphatic carbocycles. The number of alkyl halides is 4. The average Bonchev–Trinajstić information content (AvgIpc) is 2.44. The van der Waals surface area contributed by atoms with Crippen LogP contribution in [0.25, 0.3) is 0 Å². The second-order valence-electron chi connectivity index (χ2n) is 5.39. The maximum atomic E-state index is 10.7. The number of nitrogens with one attached hydrogen (secondary N) is 1. The summed E-state index contributed by atoms with van der Waals surface area (Å²) in [6.07, 6.45) is 5.29. The summed E-state index contributed by atoms with van der Waals surface area (Å²) in [6, 6.07) is 0. The van der Waals surface area contributed by atoms with Crippen molar-refractivity contribution in [2.75, 3.05) is 13.1 Å². The monoisotopic (exact) mass is 409 g/mol. The standard InChI is InChI=1S/C14H23Cl4NO4/c15-13(16,11(20)21)7-3-1-5-9-19-10-6-2-4-8-14(17,18)12(22)23/h19H,1-10H2,(H,20,21)(H,22,23). The number of carbonyl (C=O) groups is 2. The Kier molecular flexibility index (Phi) is 11.6. The minimum Gasteiger partial charge on any atom is -0.479 e. The first kappa shape index (κ1) is 23.1. The lowest BCUT2D eigenvalue weighted by atomic mass is 10.1. The summed E-state index contributed by atoms with van der Waals surface area (Å²) >= 11 is 22.5. The molecule has 0 unspecified atom stereocenters. The second-order valence-corrected chi connectivity index (χ2v) is 8.36. The van der Waals surface area contributed by atoms with Crippen LogP contribution in [0.3, 0.4) is 0 Å². The van der Waals surface area contributed by atoms with Crippen LogP contribution in [-0.2, 0) is 9.59 Å². The van der Waals surface area contributed by atoms with Gasteiger partial charge in [0.1, 0.15) is 0 Å². The topological polar surface area (TPSA) is 86.6 Å². The van der Waals surface area contributed by atoms with Crippen LogP contribution >= 0.6 is 46.4 Å². The lowest BCUT2D eigenvalue weighted by Gasteiger charge is -2.14. The molecule has 0 heterocycles. The Hall–Kier alpha value is 0.0600. The van der Waals surface area contributed by atoms with E-state index in [0.29, 0.717) is 12.8 Å². The number of hydrogen-bond donors (Lipinski definition) is 3. The normalized spacial score (nSPS) is 12.3. The minimum absolute atomic E-state index is 0.230. The van der Waals surface area contributed by atoms with Gasteiger partial charge in [0.2, 0.25) is 8.67 Å². The first-order valence-corrected chi connectivity index (χ1v) is 9.04. The number of hydrogen-bond acceptors (Lipinski definition) is 3. The van der Waals surface area contributed by atoms with Crippen LogP contribution < -0.4 is 5.32 Å². The summed E-state index contributed by atoms with van der Waals surface area (Å²) in [5, 5.41) is 20.7. The Labute approximate surface area is 156 Å². The van der Waals surface area contributed by atoms with Gasteiger partial charge in [0.05, 0.1) is 0 Å². The molecule has 0 bridgehead atoms. The van der Waals surface area contributed by atoms with Crippen molar-refractivity contribution in [1.82, 2.24) is 5.32 Å². The first-order chi connectivity index (χ1) is 10.6. The largest absolute Gasteiger partial charge is 0.479 e. The van der Waals surface area contributed by atoms with Crippen molar-refractivity contribution in [3.8, 4) is 0 Å². The molecular formula is C14H23Cl4NO4. The van der Waals surface area contributed by atoms with Crippen molar-refractivity contribution in [1.29, 1.82) is 0 Å². The zero-order valence-corrected chi connectivity index (χ0v) is 15.8. The highest BCUT2D eigenvalue weighted by atomic mass is 35.5. The van der Waals surface area contributed by atoms with Gasteiger partial charge >= 0.3 is 11.9 Å². The van der Waals surface area contributed by atoms with Crippen molar-refractivity contribution in [2.24, 2.45) is 0 Å². The Balaban J connectivity index is 3.41. The van der Waals surface area contributed by atoms with E-state index in [1.165, 1.54) is 0 Å². The molecule has 0 aromatic carbocycles. The molecule has 0 amide bonds. The molecule has 23 heavy (non-hydrogen) atoms. The van der Waals surface area contributed by atoms with Crippen LogP contribution in [-0.4, -0.2) is 43.9 Å². The highest BCUT2D eigenvalue weighted by Crippen LogP contribution is 2.28. The van der Waals surface area contributed by atoms with Crippen LogP contribution in [0.1, 0.15) is 51.4 Å². The highest BCUT2D eigenvalue weighted by Gasteiger charge is 2.33. The lowest BCUT2D eigenvalue weighted by Crippen LogP contribution is -2.25. The van der Waals surface area contributed by atoms with Gasteiger partial charge in [0, 0.05) is 0 Å². The number of aliphatic carboxylic acids is 2. The number of rotatable bonds is 14. The Morgan fingerprint density at radius 2 is 1.04 bits per heavy atom. The number of carboxylic acids is 2. The highest BCUT2D eigenvalue weighted by molar-refractivity contribution is 6.57. The van der Waals surface area contributed by atoms with Crippen molar-refractivity contribution in [3.63, 3.8) is 0 Å². The summed E-state index contributed by atoms with van der Waals surface area (Å²) in [6.45, 7) is 1.66. The van der Waals surface area contributed by atoms with E-state index in [4.69, 9.17) is 56.6 Å². The van der Waals surface area contributed by atoms with E-state index in [1.54, 1.807) is 0 Å². The Morgan fingerprint density at radius 1 is 0.696 bits per heavy atom. The molecule has 0 atom stereocenters. The van der Waals surface area contributed by atoms with Gasteiger partial charge in [0.15, 0.2) is 0 Å². The molecule has 0 aromatic rings. The molecule has 0 fully saturated rings. The number of halogens is 4. The zero-order valence-electron chi connectivity index (χ0n) is 12.8. The fourth-order valence-electron chi connectivity index (χ4n) is 1.89. The van der Waals surface area contributed by atoms with Crippen molar-refractivity contribution in [2.45, 2.75) is 60.0 Å². The van der Waals surface area contributed by atoms with Crippen molar-refractivity contribution in [3.05, 3.63) is 0 Å². The van der Waals surface area contributed by atoms with E-state index in [9.17, 15) is 9.59 Å². The van der Waals surface area contributed by atoms with Gasteiger partial charge < -0.3 is 15.5 Å². The number of unbranched alkanes of at least 4 members (excludes halogenated alkanes) is 4. The third kappa shape index (κ3) is 11.3. The molecule has 0 aliphatic heterocycles. The maximum absolute atomic E-state index is 10.7. The zero-order chi connectivity index (χ0) is 17.9. The summed E-state index contributed by atoms with van der Waals surface area (Å²) in [5.74, 6) is -2.42. The second kappa shape index (κ2) is 11.6. The van der Waals surface area contributed by atoms with Gasteiger partial charge in [-0.25, -0.2) is 9.59 Å². The van der Waals surface area contributed by atoms with Crippen LogP contribution in [0.5, 0.6) is 0 Å². The molecule has 9 heteroatoms. The number of carboxylic acid groups (broad SMARTS) is 2. The van der Waals surface area contributed by atoms with E-state index < -0.39 is 20.6 Å². The molecular weight excluding hydrogens is 388 g/mol. The fraction of sp³-hybridized carbons (Fsp3) is 0.857. The minimum atomic E-state index is -1.69. The molecule has 0 radical (unpaired) electrons. The lowest BCUT2D eigenvalue weighted by molar-refractivity contribution is -0.138. The summed E-state index contributed by atoms with van der Waals surface area (Å²) in [4.78, 5) is 21.4. The van der Waals surface area contributed by atoms with Crippen LogP contribution in [0.4, 0.5) is 0 Å². The predicted octanol–water partition coefficient (Wildman–Crippen LogP) is 4.21. The van der Waals surface area contributed by atoms with Gasteiger partial charge in [-0.3, -0.25) is 0 Å². The fourth-order valence-corrected chi connectivity index (χ4v) is 2.42. The third-order valence-electron chi connectivity index (χ3n) is 3.31. The molecule has 0 rings (SSSR count). The van der Waals surface area contributed by atoms with Crippen molar-refractivity contribution < 1.29 is 19.8 Å². The van der Waals surface area contributed by atoms with Crippen LogP contribution in [0.2, 0.25) is 0 Å². The Morgan fingerprint density at radius 3 is 1.35 bits per heavy atom. The van der Waals surface area contributed by atoms with Gasteiger partial charge in [-0.15, -0.1) is 0 Å². The molecule has 0 spiro atoms. The summed E-state index contributed by atoms with van der Waals surface area (Å²) in [7, 11) is 0. The molecule has 0 aliphatic rings. The molecule has 3 N–H and O–H groups in total. The van der Waals surface area contributed by atoms with Gasteiger partial charge in [0.25, 0.3) is 0 Å². The van der Waals surface area contributed by atoms with E-state index in [1.807, 2.05) is 0 Å². The SMILES string of the molecule is O=C(O)C(Cl)(Cl)CCCCCNCCCCCC(Cl)(Cl)C(=O)O. The quantitative estimate of drug-likeness (QED) is 0.295. The van der Waals surface area contributed by atoms with E-state index in [0.717, 1.165) is 38.8 Å². The smallest absolute Gasteiger partial charge is 0.340 e. The van der Waals surface area contributed by atoms with Gasteiger partial charge in [-0.05, 0) is 51.6 Å². The van der Waals surface area contributed by atoms with E-state index in [2.05, 4.69) is 5.32 Å². The molecule has 5 nitrogen and oxygen atoms in total. The molecule has 0 saturated carbocycles. The predicted molar refractivity (Wildman–Crippen MR) is 94.0 cm³/mol. The molecule has 0 aromatic heterocycles. The van der Waals surface area contributed by atoms with Gasteiger partial charge in [-0.2, -0.15) is 0 Å². The third-order valence-corrected chi connectivity index (χ3v) is 4.72. The summed E-state index contributed by atoms with van der Waals surface area (Å²) < 4.78 is -3.38. The Bertz CT molecular complexity index is 344. The first-order valence-electron chi connectivity index (χ1n) is 7.53. The van der Waals surface area contributed by atoms with Gasteiger partial charge in [-0.1, -0.05) is 59.2 Å². The molecule has 0 saturated heterocycles. The van der Waals surface area contributed by atoms with E-state index in [-0.39, 0.29) is 12.8 Å². The average molecular weight is 411 g/mol. The van der Waals surface area contributed by atoms with E-state index >= 15 is 0 Å². The van der Waals surface area contributed by atoms with Crippen LogP contribution in [0.15, 0.2) is 0 Å². The summed E-state index contributed by atoms with van der Waals surface area (Å²) in [5.41, 5.74) is 0. The molecule has 136 valence electrons. The van der Waals surface area contributed by atoms with Crippen molar-refractivity contribution >= 4 is 58.3 Å². The van der Waals surface area contributed by atoms with Crippen LogP contribution in [0, 0.1) is 0 Å². The maximum Gasteiger partial charge on any atom is 0.340 e.